The van der Waals surface area contributed by atoms with Crippen LogP contribution >= 0.6 is 0 Å². The molecule has 94 valence electrons. The molecular weight excluding hydrogens is 254 g/mol. The molecule has 0 saturated heterocycles. The van der Waals surface area contributed by atoms with Crippen LogP contribution in [0.2, 0.25) is 0 Å². The highest BCUT2D eigenvalue weighted by atomic mass is 32.2. The summed E-state index contributed by atoms with van der Waals surface area (Å²) in [6.45, 7) is 0. The monoisotopic (exact) mass is 265 g/mol. The van der Waals surface area contributed by atoms with Crippen LogP contribution < -0.4 is 0 Å². The molecule has 0 bridgehead atoms. The molecule has 0 N–H and O–H groups in total. The smallest absolute Gasteiger partial charge is 0.252 e. The minimum atomic E-state index is -3.50. The van der Waals surface area contributed by atoms with Gasteiger partial charge in [0, 0.05) is 6.42 Å². The van der Waals surface area contributed by atoms with Crippen molar-refractivity contribution in [2.75, 3.05) is 6.26 Å². The first-order valence-corrected chi connectivity index (χ1v) is 7.01. The van der Waals surface area contributed by atoms with E-state index in [0.717, 1.165) is 18.0 Å². The van der Waals surface area contributed by atoms with Crippen LogP contribution in [0.4, 0.5) is 0 Å². The zero-order valence-corrected chi connectivity index (χ0v) is 10.5. The highest BCUT2D eigenvalue weighted by Gasteiger charge is 2.15. The molecule has 2 rings (SSSR count). The van der Waals surface area contributed by atoms with Gasteiger partial charge in [0.2, 0.25) is 0 Å². The summed E-state index contributed by atoms with van der Waals surface area (Å²) in [5.41, 5.74) is 0.890. The number of hydrogen-bond donors (Lipinski definition) is 0. The highest BCUT2D eigenvalue weighted by Crippen LogP contribution is 2.05. The van der Waals surface area contributed by atoms with E-state index in [2.05, 4.69) is 10.3 Å². The predicted molar refractivity (Wildman–Crippen MR) is 64.7 cm³/mol. The van der Waals surface area contributed by atoms with Crippen molar-refractivity contribution in [2.45, 2.75) is 6.42 Å². The zero-order valence-electron chi connectivity index (χ0n) is 9.65. The summed E-state index contributed by atoms with van der Waals surface area (Å²) in [6.07, 6.45) is 2.29. The molecule has 18 heavy (non-hydrogen) atoms. The minimum absolute atomic E-state index is 0.0456. The van der Waals surface area contributed by atoms with Crippen LogP contribution in [0.1, 0.15) is 16.1 Å². The average molecular weight is 265 g/mol. The lowest BCUT2D eigenvalue weighted by atomic mass is 10.1. The third-order valence-corrected chi connectivity index (χ3v) is 3.16. The second-order valence-corrected chi connectivity index (χ2v) is 5.67. The third-order valence-electron chi connectivity index (χ3n) is 2.31. The zero-order chi connectivity index (χ0) is 13.2. The van der Waals surface area contributed by atoms with Crippen LogP contribution in [0.3, 0.4) is 0 Å². The molecule has 0 fully saturated rings. The molecular formula is C11H11N3O3S. The maximum absolute atomic E-state index is 11.8. The Morgan fingerprint density at radius 2 is 1.94 bits per heavy atom. The molecule has 0 aliphatic carbocycles. The van der Waals surface area contributed by atoms with Crippen LogP contribution in [0, 0.1) is 0 Å². The maximum atomic E-state index is 11.8. The summed E-state index contributed by atoms with van der Waals surface area (Å²) in [5.74, 6) is -0.267. The van der Waals surface area contributed by atoms with Crippen molar-refractivity contribution < 1.29 is 13.2 Å². The standard InChI is InChI=1S/C11H11N3O3S/c1-18(16,17)14-8-10(12-13-14)11(15)7-9-5-3-2-4-6-9/h2-6,8H,7H2,1H3. The number of carbonyl (C=O) groups excluding carboxylic acids is 1. The number of Topliss-reactive ketones (excluding diaryl/α,β-unsaturated/α-hetero) is 1. The van der Waals surface area contributed by atoms with Gasteiger partial charge in [0.15, 0.2) is 5.78 Å². The first kappa shape index (κ1) is 12.4. The van der Waals surface area contributed by atoms with Crippen LogP contribution in [0.5, 0.6) is 0 Å². The molecule has 0 radical (unpaired) electrons. The summed E-state index contributed by atoms with van der Waals surface area (Å²) in [6, 6.07) is 9.15. The van der Waals surface area contributed by atoms with Crippen LogP contribution in [0.15, 0.2) is 36.5 Å². The van der Waals surface area contributed by atoms with Crippen molar-refractivity contribution in [3.05, 3.63) is 47.8 Å². The van der Waals surface area contributed by atoms with Gasteiger partial charge in [-0.2, -0.15) is 0 Å². The van der Waals surface area contributed by atoms with Gasteiger partial charge in [-0.15, -0.1) is 9.19 Å². The van der Waals surface area contributed by atoms with E-state index in [0.29, 0.717) is 4.09 Å². The summed E-state index contributed by atoms with van der Waals surface area (Å²) in [5, 5.41) is 6.97. The quantitative estimate of drug-likeness (QED) is 0.752. The number of nitrogens with zero attached hydrogens (tertiary/aromatic N) is 3. The van der Waals surface area contributed by atoms with Gasteiger partial charge in [-0.25, -0.2) is 8.42 Å². The summed E-state index contributed by atoms with van der Waals surface area (Å²) in [4.78, 5) is 11.8. The van der Waals surface area contributed by atoms with Crippen molar-refractivity contribution in [1.29, 1.82) is 0 Å². The lowest BCUT2D eigenvalue weighted by Gasteiger charge is -1.97. The summed E-state index contributed by atoms with van der Waals surface area (Å²) in [7, 11) is -3.50. The van der Waals surface area contributed by atoms with Gasteiger partial charge in [0.1, 0.15) is 5.69 Å². The molecule has 0 saturated carbocycles. The van der Waals surface area contributed by atoms with E-state index < -0.39 is 10.0 Å². The van der Waals surface area contributed by atoms with Crippen LogP contribution in [-0.4, -0.2) is 34.9 Å². The van der Waals surface area contributed by atoms with Crippen molar-refractivity contribution in [3.8, 4) is 0 Å². The van der Waals surface area contributed by atoms with E-state index in [-0.39, 0.29) is 17.9 Å². The second-order valence-electron chi connectivity index (χ2n) is 3.82. The number of aromatic nitrogens is 3. The van der Waals surface area contributed by atoms with Gasteiger partial charge < -0.3 is 0 Å². The van der Waals surface area contributed by atoms with Crippen LogP contribution in [-0.2, 0) is 16.4 Å². The Kier molecular flexibility index (Phi) is 3.24. The van der Waals surface area contributed by atoms with Gasteiger partial charge in [-0.3, -0.25) is 4.79 Å². The van der Waals surface area contributed by atoms with E-state index in [1.807, 2.05) is 30.3 Å². The van der Waals surface area contributed by atoms with Gasteiger partial charge >= 0.3 is 0 Å². The van der Waals surface area contributed by atoms with Gasteiger partial charge in [0.05, 0.1) is 12.5 Å². The molecule has 1 heterocycles. The van der Waals surface area contributed by atoms with Gasteiger partial charge in [-0.1, -0.05) is 35.5 Å². The number of hydrogen-bond acceptors (Lipinski definition) is 5. The molecule has 2 aromatic rings. The van der Waals surface area contributed by atoms with Crippen molar-refractivity contribution in [3.63, 3.8) is 0 Å². The fourth-order valence-electron chi connectivity index (χ4n) is 1.41. The Bertz CT molecular complexity index is 662. The molecule has 0 amide bonds. The van der Waals surface area contributed by atoms with Crippen molar-refractivity contribution in [1.82, 2.24) is 14.4 Å². The fraction of sp³-hybridized carbons (Fsp3) is 0.182. The largest absolute Gasteiger partial charge is 0.292 e. The maximum Gasteiger partial charge on any atom is 0.252 e. The Morgan fingerprint density at radius 3 is 2.50 bits per heavy atom. The Hall–Kier alpha value is -2.02. The van der Waals surface area contributed by atoms with Gasteiger partial charge in [-0.05, 0) is 5.56 Å². The van der Waals surface area contributed by atoms with E-state index in [1.165, 1.54) is 0 Å². The van der Waals surface area contributed by atoms with Crippen LogP contribution in [0.25, 0.3) is 0 Å². The SMILES string of the molecule is CS(=O)(=O)n1cc(C(=O)Cc2ccccc2)nn1. The number of benzene rings is 1. The van der Waals surface area contributed by atoms with E-state index in [9.17, 15) is 13.2 Å². The number of ketones is 1. The first-order valence-electron chi connectivity index (χ1n) is 5.17. The molecule has 1 aromatic carbocycles. The number of carbonyl (C=O) groups is 1. The Balaban J connectivity index is 2.18. The topological polar surface area (TPSA) is 81.9 Å². The van der Waals surface area contributed by atoms with E-state index >= 15 is 0 Å². The third kappa shape index (κ3) is 2.80. The highest BCUT2D eigenvalue weighted by molar-refractivity contribution is 7.89. The first-order chi connectivity index (χ1) is 8.47. The summed E-state index contributed by atoms with van der Waals surface area (Å²) >= 11 is 0. The lowest BCUT2D eigenvalue weighted by Crippen LogP contribution is -2.10. The molecule has 1 aromatic heterocycles. The molecule has 0 aliphatic rings. The number of rotatable bonds is 4. The molecule has 6 nitrogen and oxygen atoms in total. The lowest BCUT2D eigenvalue weighted by molar-refractivity contribution is 0.0988. The van der Waals surface area contributed by atoms with E-state index in [1.54, 1.807) is 0 Å². The minimum Gasteiger partial charge on any atom is -0.292 e. The van der Waals surface area contributed by atoms with Crippen molar-refractivity contribution >= 4 is 15.8 Å². The van der Waals surface area contributed by atoms with E-state index in [4.69, 9.17) is 0 Å². The normalized spacial score (nSPS) is 11.4. The van der Waals surface area contributed by atoms with Crippen molar-refractivity contribution in [2.24, 2.45) is 0 Å². The molecule has 7 heteroatoms. The molecule has 0 spiro atoms. The summed E-state index contributed by atoms with van der Waals surface area (Å²) < 4.78 is 23.0. The second kappa shape index (κ2) is 4.69. The Morgan fingerprint density at radius 1 is 1.28 bits per heavy atom. The molecule has 0 aliphatic heterocycles. The fourth-order valence-corrected chi connectivity index (χ4v) is 1.87. The molecule has 0 atom stereocenters. The Labute approximate surface area is 104 Å². The van der Waals surface area contributed by atoms with Gasteiger partial charge in [0.25, 0.3) is 10.0 Å². The molecule has 0 unspecified atom stereocenters. The predicted octanol–water partition coefficient (Wildman–Crippen LogP) is 0.511. The average Bonchev–Trinajstić information content (AvgIpc) is 2.79.